The van der Waals surface area contributed by atoms with Crippen LogP contribution in [-0.2, 0) is 16.3 Å². The van der Waals surface area contributed by atoms with E-state index in [4.69, 9.17) is 4.52 Å². The Balaban J connectivity index is 1.15. The highest BCUT2D eigenvalue weighted by molar-refractivity contribution is 7.98. The maximum Gasteiger partial charge on any atom is 0.235 e. The number of carbonyl (C=O) groups is 1. The Morgan fingerprint density at radius 2 is 1.94 bits per heavy atom. The summed E-state index contributed by atoms with van der Waals surface area (Å²) in [6, 6.07) is 13.9. The SMILES string of the molecule is O=C(Nc1onc2c1CSC2)C1CCCN(c2ccc(-n3ccnc3-c3ccccc3)nn2)C1. The number of piperidine rings is 1. The summed E-state index contributed by atoms with van der Waals surface area (Å²) < 4.78 is 7.29. The second-order valence-corrected chi connectivity index (χ2v) is 9.43. The van der Waals surface area contributed by atoms with Crippen LogP contribution < -0.4 is 10.2 Å². The standard InChI is InChI=1S/C24H23N7O2S/c32-23(26-24-18-14-34-15-19(18)29-33-24)17-7-4-11-30(13-17)20-8-9-21(28-27-20)31-12-10-25-22(31)16-5-2-1-3-6-16/h1-3,5-6,8-10,12,17H,4,7,11,13-15H2,(H,26,32). The van der Waals surface area contributed by atoms with Crippen LogP contribution in [0.5, 0.6) is 0 Å². The number of amides is 1. The molecule has 1 atom stereocenters. The highest BCUT2D eigenvalue weighted by Crippen LogP contribution is 2.35. The van der Waals surface area contributed by atoms with E-state index in [0.29, 0.717) is 18.2 Å². The molecule has 1 saturated heterocycles. The Labute approximate surface area is 200 Å². The number of imidazole rings is 1. The van der Waals surface area contributed by atoms with Gasteiger partial charge in [0.2, 0.25) is 11.8 Å². The third-order valence-electron chi connectivity index (χ3n) is 6.26. The summed E-state index contributed by atoms with van der Waals surface area (Å²) in [5.74, 6) is 4.26. The molecule has 0 radical (unpaired) electrons. The van der Waals surface area contributed by atoms with Gasteiger partial charge in [-0.05, 0) is 25.0 Å². The number of thioether (sulfide) groups is 1. The molecule has 1 aromatic carbocycles. The lowest BCUT2D eigenvalue weighted by molar-refractivity contribution is -0.120. The molecule has 0 saturated carbocycles. The number of nitrogens with one attached hydrogen (secondary N) is 1. The largest absolute Gasteiger partial charge is 0.354 e. The molecule has 9 nitrogen and oxygen atoms in total. The minimum atomic E-state index is -0.150. The molecule has 172 valence electrons. The van der Waals surface area contributed by atoms with Gasteiger partial charge in [-0.3, -0.25) is 14.7 Å². The second kappa shape index (κ2) is 8.94. The van der Waals surface area contributed by atoms with Gasteiger partial charge < -0.3 is 9.42 Å². The molecule has 0 bridgehead atoms. The number of fused-ring (bicyclic) bond motifs is 1. The van der Waals surface area contributed by atoms with E-state index in [2.05, 4.69) is 30.6 Å². The molecule has 1 fully saturated rings. The zero-order valence-corrected chi connectivity index (χ0v) is 19.2. The molecule has 1 unspecified atom stereocenters. The summed E-state index contributed by atoms with van der Waals surface area (Å²) >= 11 is 1.78. The maximum absolute atomic E-state index is 12.9. The molecule has 1 amide bonds. The third-order valence-corrected chi connectivity index (χ3v) is 7.23. The van der Waals surface area contributed by atoms with Crippen molar-refractivity contribution < 1.29 is 9.32 Å². The Bertz CT molecular complexity index is 1300. The smallest absolute Gasteiger partial charge is 0.235 e. The van der Waals surface area contributed by atoms with Gasteiger partial charge in [0, 0.05) is 42.6 Å². The first kappa shape index (κ1) is 20.9. The monoisotopic (exact) mass is 473 g/mol. The van der Waals surface area contributed by atoms with Crippen LogP contribution in [0.4, 0.5) is 11.7 Å². The van der Waals surface area contributed by atoms with Crippen molar-refractivity contribution >= 4 is 29.4 Å². The average molecular weight is 474 g/mol. The zero-order valence-electron chi connectivity index (χ0n) is 18.4. The topological polar surface area (TPSA) is 102 Å². The molecule has 4 aromatic rings. The Morgan fingerprint density at radius 1 is 1.09 bits per heavy atom. The molecule has 0 spiro atoms. The van der Waals surface area contributed by atoms with Crippen LogP contribution in [0.15, 0.2) is 59.4 Å². The predicted molar refractivity (Wildman–Crippen MR) is 130 cm³/mol. The minimum absolute atomic E-state index is 0.0314. The van der Waals surface area contributed by atoms with Crippen molar-refractivity contribution in [2.24, 2.45) is 5.92 Å². The van der Waals surface area contributed by atoms with E-state index >= 15 is 0 Å². The molecule has 34 heavy (non-hydrogen) atoms. The quantitative estimate of drug-likeness (QED) is 0.465. The van der Waals surface area contributed by atoms with E-state index in [9.17, 15) is 4.79 Å². The van der Waals surface area contributed by atoms with Crippen LogP contribution >= 0.6 is 11.8 Å². The fourth-order valence-corrected chi connectivity index (χ4v) is 5.49. The zero-order chi connectivity index (χ0) is 22.9. The predicted octanol–water partition coefficient (Wildman–Crippen LogP) is 3.92. The van der Waals surface area contributed by atoms with Crippen molar-refractivity contribution in [2.75, 3.05) is 23.3 Å². The van der Waals surface area contributed by atoms with Gasteiger partial charge in [-0.2, -0.15) is 11.8 Å². The Kier molecular flexibility index (Phi) is 5.50. The summed E-state index contributed by atoms with van der Waals surface area (Å²) in [4.78, 5) is 19.6. The molecule has 1 N–H and O–H groups in total. The molecule has 2 aliphatic rings. The minimum Gasteiger partial charge on any atom is -0.354 e. The van der Waals surface area contributed by atoms with Crippen molar-refractivity contribution in [1.29, 1.82) is 0 Å². The summed E-state index contributed by atoms with van der Waals surface area (Å²) in [6.07, 6.45) is 5.38. The molecule has 3 aromatic heterocycles. The van der Waals surface area contributed by atoms with Crippen LogP contribution in [-0.4, -0.2) is 43.9 Å². The Morgan fingerprint density at radius 3 is 2.79 bits per heavy atom. The van der Waals surface area contributed by atoms with Crippen molar-refractivity contribution in [1.82, 2.24) is 24.9 Å². The van der Waals surface area contributed by atoms with E-state index in [1.807, 2.05) is 53.2 Å². The van der Waals surface area contributed by atoms with Crippen LogP contribution in [0.25, 0.3) is 17.2 Å². The molecule has 10 heteroatoms. The number of benzene rings is 1. The fraction of sp³-hybridized carbons (Fsp3) is 0.292. The highest BCUT2D eigenvalue weighted by Gasteiger charge is 2.29. The van der Waals surface area contributed by atoms with E-state index in [-0.39, 0.29) is 11.8 Å². The molecule has 0 aliphatic carbocycles. The first-order valence-electron chi connectivity index (χ1n) is 11.3. The lowest BCUT2D eigenvalue weighted by Crippen LogP contribution is -2.41. The second-order valence-electron chi connectivity index (χ2n) is 8.44. The van der Waals surface area contributed by atoms with Crippen molar-refractivity contribution in [3.8, 4) is 17.2 Å². The number of carbonyl (C=O) groups excluding carboxylic acids is 1. The lowest BCUT2D eigenvalue weighted by atomic mass is 9.97. The van der Waals surface area contributed by atoms with Gasteiger partial charge in [-0.15, -0.1) is 10.2 Å². The van der Waals surface area contributed by atoms with Crippen LogP contribution in [0.1, 0.15) is 24.1 Å². The Hall–Kier alpha value is -3.66. The van der Waals surface area contributed by atoms with Crippen LogP contribution in [0, 0.1) is 5.92 Å². The number of aromatic nitrogens is 5. The maximum atomic E-state index is 12.9. The number of nitrogens with zero attached hydrogens (tertiary/aromatic N) is 6. The number of hydrogen-bond donors (Lipinski definition) is 1. The van der Waals surface area contributed by atoms with E-state index < -0.39 is 0 Å². The first-order valence-corrected chi connectivity index (χ1v) is 12.5. The van der Waals surface area contributed by atoms with E-state index in [0.717, 1.165) is 59.4 Å². The van der Waals surface area contributed by atoms with Gasteiger partial charge in [0.1, 0.15) is 5.82 Å². The van der Waals surface area contributed by atoms with Crippen LogP contribution in [0.3, 0.4) is 0 Å². The lowest BCUT2D eigenvalue weighted by Gasteiger charge is -2.32. The first-order chi connectivity index (χ1) is 16.8. The van der Waals surface area contributed by atoms with E-state index in [1.54, 1.807) is 18.0 Å². The molecule has 6 rings (SSSR count). The summed E-state index contributed by atoms with van der Waals surface area (Å²) in [5, 5.41) is 16.0. The molecular weight excluding hydrogens is 450 g/mol. The van der Waals surface area contributed by atoms with Gasteiger partial charge in [0.05, 0.1) is 17.2 Å². The third kappa shape index (κ3) is 3.94. The normalized spacial score (nSPS) is 17.5. The van der Waals surface area contributed by atoms with Crippen LogP contribution in [0.2, 0.25) is 0 Å². The molecule has 5 heterocycles. The number of rotatable bonds is 5. The van der Waals surface area contributed by atoms with Gasteiger partial charge >= 0.3 is 0 Å². The van der Waals surface area contributed by atoms with Crippen molar-refractivity contribution in [3.63, 3.8) is 0 Å². The molecular formula is C24H23N7O2S. The summed E-state index contributed by atoms with van der Waals surface area (Å²) in [6.45, 7) is 1.43. The molecule has 2 aliphatic heterocycles. The van der Waals surface area contributed by atoms with Gasteiger partial charge in [0.15, 0.2) is 11.6 Å². The average Bonchev–Trinajstić information content (AvgIpc) is 3.64. The summed E-state index contributed by atoms with van der Waals surface area (Å²) in [5.41, 5.74) is 2.97. The van der Waals surface area contributed by atoms with Crippen molar-refractivity contribution in [2.45, 2.75) is 24.3 Å². The van der Waals surface area contributed by atoms with Gasteiger partial charge in [-0.25, -0.2) is 4.98 Å². The fourth-order valence-electron chi connectivity index (χ4n) is 4.47. The van der Waals surface area contributed by atoms with Gasteiger partial charge in [-0.1, -0.05) is 35.5 Å². The number of hydrogen-bond acceptors (Lipinski definition) is 8. The van der Waals surface area contributed by atoms with Gasteiger partial charge in [0.25, 0.3) is 0 Å². The number of anilines is 2. The summed E-state index contributed by atoms with van der Waals surface area (Å²) in [7, 11) is 0. The van der Waals surface area contributed by atoms with Crippen molar-refractivity contribution in [3.05, 3.63) is 66.1 Å². The highest BCUT2D eigenvalue weighted by atomic mass is 32.2. The van der Waals surface area contributed by atoms with E-state index in [1.165, 1.54) is 0 Å².